The minimum Gasteiger partial charge on any atom is -0.465 e. The molecule has 1 amide bonds. The van der Waals surface area contributed by atoms with Crippen molar-refractivity contribution >= 4 is 34.9 Å². The van der Waals surface area contributed by atoms with Crippen molar-refractivity contribution in [3.8, 4) is 0 Å². The van der Waals surface area contributed by atoms with E-state index in [0.29, 0.717) is 22.2 Å². The molecule has 0 radical (unpaired) electrons. The van der Waals surface area contributed by atoms with Gasteiger partial charge in [-0.05, 0) is 36.2 Å². The molecular formula is C18H20ClN3O3. The summed E-state index contributed by atoms with van der Waals surface area (Å²) in [6.45, 7) is 5.03. The Hall–Kier alpha value is -2.60. The maximum atomic E-state index is 12.3. The van der Waals surface area contributed by atoms with E-state index in [2.05, 4.69) is 34.2 Å². The Bertz CT molecular complexity index is 761. The Labute approximate surface area is 151 Å². The molecule has 0 aliphatic carbocycles. The zero-order valence-corrected chi connectivity index (χ0v) is 15.1. The largest absolute Gasteiger partial charge is 0.465 e. The van der Waals surface area contributed by atoms with Gasteiger partial charge in [-0.2, -0.15) is 0 Å². The van der Waals surface area contributed by atoms with Gasteiger partial charge in [0, 0.05) is 6.54 Å². The Morgan fingerprint density at radius 3 is 2.60 bits per heavy atom. The Morgan fingerprint density at radius 1 is 1.24 bits per heavy atom. The van der Waals surface area contributed by atoms with Gasteiger partial charge >= 0.3 is 5.97 Å². The average molecular weight is 362 g/mol. The number of rotatable bonds is 6. The summed E-state index contributed by atoms with van der Waals surface area (Å²) in [6.07, 6.45) is 1.60. The number of methoxy groups -OCH3 is 1. The zero-order chi connectivity index (χ0) is 18.4. The number of esters is 1. The fourth-order valence-corrected chi connectivity index (χ4v) is 2.17. The fraction of sp³-hybridized carbons (Fsp3) is 0.278. The lowest BCUT2D eigenvalue weighted by molar-refractivity contribution is 0.0600. The summed E-state index contributed by atoms with van der Waals surface area (Å²) in [5.74, 6) is -0.419. The molecule has 1 heterocycles. The van der Waals surface area contributed by atoms with E-state index in [-0.39, 0.29) is 5.69 Å². The molecule has 132 valence electrons. The number of nitrogens with zero attached hydrogens (tertiary/aromatic N) is 1. The second-order valence-corrected chi connectivity index (χ2v) is 6.25. The number of hydrogen-bond acceptors (Lipinski definition) is 5. The molecule has 6 nitrogen and oxygen atoms in total. The minimum absolute atomic E-state index is 0.245. The van der Waals surface area contributed by atoms with Crippen LogP contribution >= 0.6 is 11.6 Å². The van der Waals surface area contributed by atoms with Gasteiger partial charge in [0.15, 0.2) is 0 Å². The number of ether oxygens (including phenoxy) is 1. The topological polar surface area (TPSA) is 80.3 Å². The Morgan fingerprint density at radius 2 is 2.00 bits per heavy atom. The third kappa shape index (κ3) is 5.19. The van der Waals surface area contributed by atoms with E-state index in [0.717, 1.165) is 12.2 Å². The summed E-state index contributed by atoms with van der Waals surface area (Å²) in [5.41, 5.74) is 1.70. The highest BCUT2D eigenvalue weighted by atomic mass is 35.5. The first kappa shape index (κ1) is 18.7. The second-order valence-electron chi connectivity index (χ2n) is 5.85. The predicted octanol–water partition coefficient (Wildman–Crippen LogP) is 3.84. The number of carbonyl (C=O) groups is 2. The van der Waals surface area contributed by atoms with Crippen LogP contribution in [0.15, 0.2) is 36.5 Å². The molecule has 7 heteroatoms. The van der Waals surface area contributed by atoms with Crippen LogP contribution in [0.5, 0.6) is 0 Å². The number of aromatic nitrogens is 1. The van der Waals surface area contributed by atoms with Crippen molar-refractivity contribution in [1.29, 1.82) is 0 Å². The maximum absolute atomic E-state index is 12.3. The number of pyridine rings is 1. The number of benzene rings is 1. The third-order valence-electron chi connectivity index (χ3n) is 3.35. The fourth-order valence-electron chi connectivity index (χ4n) is 2.01. The monoisotopic (exact) mass is 361 g/mol. The van der Waals surface area contributed by atoms with E-state index in [9.17, 15) is 9.59 Å². The van der Waals surface area contributed by atoms with Crippen molar-refractivity contribution in [1.82, 2.24) is 4.98 Å². The van der Waals surface area contributed by atoms with Crippen LogP contribution in [-0.4, -0.2) is 30.5 Å². The van der Waals surface area contributed by atoms with E-state index in [1.807, 2.05) is 0 Å². The highest BCUT2D eigenvalue weighted by molar-refractivity contribution is 6.34. The molecule has 25 heavy (non-hydrogen) atoms. The molecule has 2 aromatic rings. The molecule has 1 aromatic carbocycles. The van der Waals surface area contributed by atoms with Crippen LogP contribution in [0.4, 0.5) is 11.4 Å². The van der Waals surface area contributed by atoms with Gasteiger partial charge in [0.05, 0.1) is 35.3 Å². The van der Waals surface area contributed by atoms with E-state index in [1.54, 1.807) is 18.3 Å². The first-order valence-electron chi connectivity index (χ1n) is 7.80. The van der Waals surface area contributed by atoms with Gasteiger partial charge in [-0.25, -0.2) is 9.78 Å². The quantitative estimate of drug-likeness (QED) is 0.764. The van der Waals surface area contributed by atoms with Crippen LogP contribution in [0, 0.1) is 5.92 Å². The lowest BCUT2D eigenvalue weighted by Crippen LogP contribution is -2.15. The van der Waals surface area contributed by atoms with Gasteiger partial charge in [0.1, 0.15) is 5.69 Å². The second kappa shape index (κ2) is 8.48. The van der Waals surface area contributed by atoms with Crippen LogP contribution in [0.1, 0.15) is 34.7 Å². The molecule has 0 aliphatic rings. The standard InChI is InChI=1S/C18H20ClN3O3/c1-11(2)9-20-13-5-7-15(21-10-13)17(23)22-16-8-12(18(24)25-3)4-6-14(16)19/h4-8,10-11,20H,9H2,1-3H3,(H,22,23). The molecule has 0 saturated carbocycles. The summed E-state index contributed by atoms with van der Waals surface area (Å²) in [6, 6.07) is 7.92. The first-order chi connectivity index (χ1) is 11.9. The maximum Gasteiger partial charge on any atom is 0.337 e. The number of halogens is 1. The molecule has 1 aromatic heterocycles. The van der Waals surface area contributed by atoms with Gasteiger partial charge in [0.2, 0.25) is 0 Å². The highest BCUT2D eigenvalue weighted by Gasteiger charge is 2.13. The van der Waals surface area contributed by atoms with E-state index in [4.69, 9.17) is 11.6 Å². The van der Waals surface area contributed by atoms with Gasteiger partial charge in [-0.3, -0.25) is 4.79 Å². The van der Waals surface area contributed by atoms with Crippen LogP contribution < -0.4 is 10.6 Å². The van der Waals surface area contributed by atoms with Crippen LogP contribution in [-0.2, 0) is 4.74 Å². The van der Waals surface area contributed by atoms with Crippen molar-refractivity contribution < 1.29 is 14.3 Å². The lowest BCUT2D eigenvalue weighted by Gasteiger charge is -2.10. The molecular weight excluding hydrogens is 342 g/mol. The normalized spacial score (nSPS) is 10.4. The van der Waals surface area contributed by atoms with Crippen molar-refractivity contribution in [2.75, 3.05) is 24.3 Å². The van der Waals surface area contributed by atoms with Crippen LogP contribution in [0.25, 0.3) is 0 Å². The number of hydrogen-bond donors (Lipinski definition) is 2. The molecule has 0 aliphatic heterocycles. The van der Waals surface area contributed by atoms with Crippen molar-refractivity contribution in [3.05, 3.63) is 52.8 Å². The third-order valence-corrected chi connectivity index (χ3v) is 3.68. The molecule has 0 unspecified atom stereocenters. The molecule has 0 fully saturated rings. The summed E-state index contributed by atoms with van der Waals surface area (Å²) in [5, 5.41) is 6.20. The summed E-state index contributed by atoms with van der Waals surface area (Å²) in [7, 11) is 1.29. The van der Waals surface area contributed by atoms with E-state index < -0.39 is 11.9 Å². The summed E-state index contributed by atoms with van der Waals surface area (Å²) in [4.78, 5) is 28.1. The molecule has 0 bridgehead atoms. The smallest absolute Gasteiger partial charge is 0.337 e. The number of amides is 1. The Kier molecular flexibility index (Phi) is 6.36. The molecule has 0 spiro atoms. The van der Waals surface area contributed by atoms with Crippen LogP contribution in [0.3, 0.4) is 0 Å². The number of anilines is 2. The summed E-state index contributed by atoms with van der Waals surface area (Å²) < 4.78 is 4.66. The van der Waals surface area contributed by atoms with Crippen molar-refractivity contribution in [2.45, 2.75) is 13.8 Å². The minimum atomic E-state index is -0.508. The molecule has 2 rings (SSSR count). The molecule has 2 N–H and O–H groups in total. The zero-order valence-electron chi connectivity index (χ0n) is 14.3. The first-order valence-corrected chi connectivity index (χ1v) is 8.17. The van der Waals surface area contributed by atoms with E-state index in [1.165, 1.54) is 25.3 Å². The van der Waals surface area contributed by atoms with Gasteiger partial charge in [0.25, 0.3) is 5.91 Å². The molecule has 0 atom stereocenters. The Balaban J connectivity index is 2.10. The van der Waals surface area contributed by atoms with Gasteiger partial charge < -0.3 is 15.4 Å². The number of carbonyl (C=O) groups excluding carboxylic acids is 2. The highest BCUT2D eigenvalue weighted by Crippen LogP contribution is 2.24. The predicted molar refractivity (Wildman–Crippen MR) is 98.3 cm³/mol. The van der Waals surface area contributed by atoms with Crippen molar-refractivity contribution in [3.63, 3.8) is 0 Å². The van der Waals surface area contributed by atoms with Crippen LogP contribution in [0.2, 0.25) is 5.02 Å². The lowest BCUT2D eigenvalue weighted by atomic mass is 10.2. The summed E-state index contributed by atoms with van der Waals surface area (Å²) >= 11 is 6.07. The SMILES string of the molecule is COC(=O)c1ccc(Cl)c(NC(=O)c2ccc(NCC(C)C)cn2)c1. The van der Waals surface area contributed by atoms with Gasteiger partial charge in [-0.1, -0.05) is 25.4 Å². The van der Waals surface area contributed by atoms with Crippen molar-refractivity contribution in [2.24, 2.45) is 5.92 Å². The number of nitrogens with one attached hydrogen (secondary N) is 2. The average Bonchev–Trinajstić information content (AvgIpc) is 2.61. The van der Waals surface area contributed by atoms with E-state index >= 15 is 0 Å². The molecule has 0 saturated heterocycles. The van der Waals surface area contributed by atoms with Gasteiger partial charge in [-0.15, -0.1) is 0 Å².